The van der Waals surface area contributed by atoms with E-state index in [1.165, 1.54) is 6.08 Å². The van der Waals surface area contributed by atoms with E-state index in [1.54, 1.807) is 11.0 Å². The monoisotopic (exact) mass is 435 g/mol. The molecular formula is C20H22ClN3O4S. The van der Waals surface area contributed by atoms with Gasteiger partial charge in [0.2, 0.25) is 0 Å². The Labute approximate surface area is 179 Å². The summed E-state index contributed by atoms with van der Waals surface area (Å²) in [5.74, 6) is -0.410. The number of hydrogen-bond acceptors (Lipinski definition) is 6. The van der Waals surface area contributed by atoms with Crippen molar-refractivity contribution < 1.29 is 19.4 Å². The summed E-state index contributed by atoms with van der Waals surface area (Å²) >= 11 is 11.1. The molecule has 1 aliphatic heterocycles. The zero-order valence-electron chi connectivity index (χ0n) is 15.7. The number of nitrogens with zero attached hydrogens (tertiary/aromatic N) is 1. The normalized spacial score (nSPS) is 18.1. The number of benzene rings is 1. The van der Waals surface area contributed by atoms with Gasteiger partial charge in [0.05, 0.1) is 18.3 Å². The van der Waals surface area contributed by atoms with E-state index >= 15 is 0 Å². The van der Waals surface area contributed by atoms with Crippen LogP contribution in [0.15, 0.2) is 47.0 Å². The minimum Gasteiger partial charge on any atom is -0.389 e. The first-order valence-corrected chi connectivity index (χ1v) is 10.0. The van der Waals surface area contributed by atoms with E-state index in [4.69, 9.17) is 28.6 Å². The Kier molecular flexibility index (Phi) is 7.38. The Morgan fingerprint density at radius 2 is 2.07 bits per heavy atom. The first-order valence-electron chi connectivity index (χ1n) is 9.23. The second kappa shape index (κ2) is 9.98. The molecule has 1 aliphatic carbocycles. The maximum Gasteiger partial charge on any atom is 0.253 e. The average Bonchev–Trinajstić information content (AvgIpc) is 2.73. The lowest BCUT2D eigenvalue weighted by molar-refractivity contribution is -0.125. The van der Waals surface area contributed by atoms with Crippen LogP contribution in [-0.2, 0) is 14.3 Å². The van der Waals surface area contributed by atoms with Gasteiger partial charge in [0.15, 0.2) is 0 Å². The highest BCUT2D eigenvalue weighted by molar-refractivity contribution is 7.81. The molecule has 1 saturated heterocycles. The van der Waals surface area contributed by atoms with Gasteiger partial charge in [-0.1, -0.05) is 29.9 Å². The molecule has 29 heavy (non-hydrogen) atoms. The van der Waals surface area contributed by atoms with E-state index in [9.17, 15) is 14.7 Å². The molecule has 1 atom stereocenters. The number of nitrogens with one attached hydrogen (secondary N) is 2. The Morgan fingerprint density at radius 1 is 1.31 bits per heavy atom. The highest BCUT2D eigenvalue weighted by Gasteiger charge is 2.20. The summed E-state index contributed by atoms with van der Waals surface area (Å²) in [6, 6.07) is 7.35. The van der Waals surface area contributed by atoms with Gasteiger partial charge in [0, 0.05) is 47.3 Å². The van der Waals surface area contributed by atoms with Crippen LogP contribution >= 0.6 is 23.8 Å². The average molecular weight is 436 g/mol. The van der Waals surface area contributed by atoms with Gasteiger partial charge in [-0.2, -0.15) is 0 Å². The van der Waals surface area contributed by atoms with Crippen LogP contribution in [0.4, 0.5) is 11.4 Å². The zero-order chi connectivity index (χ0) is 20.8. The van der Waals surface area contributed by atoms with Gasteiger partial charge in [-0.3, -0.25) is 9.59 Å². The van der Waals surface area contributed by atoms with Gasteiger partial charge in [-0.15, -0.1) is 0 Å². The summed E-state index contributed by atoms with van der Waals surface area (Å²) in [7, 11) is 0. The first-order chi connectivity index (χ1) is 13.9. The molecule has 0 radical (unpaired) electrons. The Bertz CT molecular complexity index is 854. The van der Waals surface area contributed by atoms with Gasteiger partial charge in [0.25, 0.3) is 11.8 Å². The summed E-state index contributed by atoms with van der Waals surface area (Å²) < 4.78 is 5.13. The molecule has 3 rings (SSSR count). The fourth-order valence-corrected chi connectivity index (χ4v) is 3.35. The van der Waals surface area contributed by atoms with E-state index < -0.39 is 6.10 Å². The Morgan fingerprint density at radius 3 is 2.79 bits per heavy atom. The van der Waals surface area contributed by atoms with Crippen LogP contribution in [0.2, 0.25) is 0 Å². The summed E-state index contributed by atoms with van der Waals surface area (Å²) in [5.41, 5.74) is 1.97. The molecule has 1 aromatic rings. The minimum atomic E-state index is -0.789. The van der Waals surface area contributed by atoms with Crippen molar-refractivity contribution in [3.05, 3.63) is 47.0 Å². The van der Waals surface area contributed by atoms with E-state index in [1.807, 2.05) is 24.3 Å². The standard InChI is InChI=1S/C20H22ClN3O4S/c21-13-1-6-18(29)17(9-13)20(27)23-11-16(25)10-22-14-2-4-15(5-3-14)24-7-8-28-12-19(24)26/h1-5,9,16,22,25H,6-8,10-12H2,(H,23,27)/t16-/m1/s1. The number of amides is 2. The van der Waals surface area contributed by atoms with Gasteiger partial charge in [0.1, 0.15) is 6.61 Å². The molecule has 0 saturated carbocycles. The first kappa shape index (κ1) is 21.4. The van der Waals surface area contributed by atoms with Crippen LogP contribution in [-0.4, -0.2) is 60.7 Å². The lowest BCUT2D eigenvalue weighted by Gasteiger charge is -2.27. The zero-order valence-corrected chi connectivity index (χ0v) is 17.3. The third-order valence-electron chi connectivity index (χ3n) is 4.51. The van der Waals surface area contributed by atoms with Crippen molar-refractivity contribution >= 4 is 51.9 Å². The Balaban J connectivity index is 1.45. The summed E-state index contributed by atoms with van der Waals surface area (Å²) in [6.07, 6.45) is 2.96. The van der Waals surface area contributed by atoms with Crippen LogP contribution < -0.4 is 15.5 Å². The fraction of sp³-hybridized carbons (Fsp3) is 0.350. The minimum absolute atomic E-state index is 0.0625. The van der Waals surface area contributed by atoms with Gasteiger partial charge in [-0.25, -0.2) is 0 Å². The van der Waals surface area contributed by atoms with E-state index in [-0.39, 0.29) is 31.5 Å². The van der Waals surface area contributed by atoms with Crippen molar-refractivity contribution in [3.8, 4) is 0 Å². The number of carbonyl (C=O) groups excluding carboxylic acids is 2. The number of allylic oxidation sites excluding steroid dienone is 3. The van der Waals surface area contributed by atoms with Crippen molar-refractivity contribution in [1.82, 2.24) is 5.32 Å². The number of aliphatic hydroxyl groups is 1. The molecule has 1 aromatic carbocycles. The number of thiocarbonyl (C=S) groups is 1. The third-order valence-corrected chi connectivity index (χ3v) is 5.16. The SMILES string of the molecule is O=C(NC[C@H](O)CNc1ccc(N2CCOCC2=O)cc1)C1=CC(Cl)=CCC1=S. The highest BCUT2D eigenvalue weighted by Crippen LogP contribution is 2.20. The number of aliphatic hydroxyl groups excluding tert-OH is 1. The number of rotatable bonds is 7. The lowest BCUT2D eigenvalue weighted by Crippen LogP contribution is -2.41. The summed E-state index contributed by atoms with van der Waals surface area (Å²) in [4.78, 5) is 26.3. The number of hydrogen-bond donors (Lipinski definition) is 3. The molecule has 0 unspecified atom stereocenters. The second-order valence-corrected chi connectivity index (χ2v) is 7.59. The molecular weight excluding hydrogens is 414 g/mol. The third kappa shape index (κ3) is 5.86. The molecule has 7 nitrogen and oxygen atoms in total. The number of ether oxygens (including phenoxy) is 1. The molecule has 0 aromatic heterocycles. The molecule has 2 amide bonds. The van der Waals surface area contributed by atoms with Gasteiger partial charge < -0.3 is 25.4 Å². The van der Waals surface area contributed by atoms with Crippen LogP contribution in [0.25, 0.3) is 0 Å². The Hall–Kier alpha value is -2.26. The van der Waals surface area contributed by atoms with E-state index in [0.717, 1.165) is 11.4 Å². The highest BCUT2D eigenvalue weighted by atomic mass is 35.5. The van der Waals surface area contributed by atoms with Crippen molar-refractivity contribution in [2.45, 2.75) is 12.5 Å². The van der Waals surface area contributed by atoms with Gasteiger partial charge >= 0.3 is 0 Å². The predicted molar refractivity (Wildman–Crippen MR) is 116 cm³/mol. The van der Waals surface area contributed by atoms with Crippen molar-refractivity contribution in [3.63, 3.8) is 0 Å². The van der Waals surface area contributed by atoms with Crippen molar-refractivity contribution in [2.24, 2.45) is 0 Å². The van der Waals surface area contributed by atoms with Crippen LogP contribution in [0.5, 0.6) is 0 Å². The van der Waals surface area contributed by atoms with Gasteiger partial charge in [-0.05, 0) is 30.3 Å². The van der Waals surface area contributed by atoms with E-state index in [0.29, 0.717) is 35.0 Å². The number of carbonyl (C=O) groups is 2. The van der Waals surface area contributed by atoms with Crippen LogP contribution in [0.1, 0.15) is 6.42 Å². The molecule has 1 fully saturated rings. The largest absolute Gasteiger partial charge is 0.389 e. The van der Waals surface area contributed by atoms with Crippen LogP contribution in [0.3, 0.4) is 0 Å². The van der Waals surface area contributed by atoms with Crippen molar-refractivity contribution in [1.29, 1.82) is 0 Å². The second-order valence-electron chi connectivity index (χ2n) is 6.66. The maximum absolute atomic E-state index is 12.2. The molecule has 154 valence electrons. The molecule has 3 N–H and O–H groups in total. The molecule has 0 bridgehead atoms. The van der Waals surface area contributed by atoms with Crippen LogP contribution in [0, 0.1) is 0 Å². The topological polar surface area (TPSA) is 90.9 Å². The number of halogens is 1. The predicted octanol–water partition coefficient (Wildman–Crippen LogP) is 1.76. The molecule has 9 heteroatoms. The molecule has 1 heterocycles. The smallest absolute Gasteiger partial charge is 0.253 e. The number of anilines is 2. The fourth-order valence-electron chi connectivity index (χ4n) is 2.93. The summed E-state index contributed by atoms with van der Waals surface area (Å²) in [6.45, 7) is 1.48. The quantitative estimate of drug-likeness (QED) is 0.565. The van der Waals surface area contributed by atoms with E-state index in [2.05, 4.69) is 10.6 Å². The summed E-state index contributed by atoms with van der Waals surface area (Å²) in [5, 5.41) is 16.4. The van der Waals surface area contributed by atoms with Crippen molar-refractivity contribution in [2.75, 3.05) is 43.1 Å². The molecule has 0 spiro atoms. The number of morpholine rings is 1. The maximum atomic E-state index is 12.2. The molecule has 2 aliphatic rings. The lowest BCUT2D eigenvalue weighted by atomic mass is 10.0.